The number of pyridine rings is 1. The Labute approximate surface area is 98.0 Å². The van der Waals surface area contributed by atoms with E-state index in [2.05, 4.69) is 25.8 Å². The first-order valence-corrected chi connectivity index (χ1v) is 5.74. The van der Waals surface area contributed by atoms with Crippen LogP contribution in [0.15, 0.2) is 24.5 Å². The van der Waals surface area contributed by atoms with E-state index < -0.39 is 0 Å². The minimum absolute atomic E-state index is 0.00157. The molecule has 0 aliphatic heterocycles. The van der Waals surface area contributed by atoms with Crippen LogP contribution in [0.2, 0.25) is 0 Å². The van der Waals surface area contributed by atoms with Crippen molar-refractivity contribution in [2.75, 3.05) is 6.61 Å². The average molecular weight is 222 g/mol. The molecule has 0 aliphatic rings. The molecule has 16 heavy (non-hydrogen) atoms. The SMILES string of the molecule is CCOC(C(N)c1cccnc1)C(C)(C)C. The lowest BCUT2D eigenvalue weighted by molar-refractivity contribution is -0.0283. The number of nitrogens with zero attached hydrogens (tertiary/aromatic N) is 1. The second-order valence-electron chi connectivity index (χ2n) is 5.05. The van der Waals surface area contributed by atoms with Gasteiger partial charge in [0.25, 0.3) is 0 Å². The van der Waals surface area contributed by atoms with Gasteiger partial charge in [-0.1, -0.05) is 26.8 Å². The van der Waals surface area contributed by atoms with E-state index in [1.54, 1.807) is 6.20 Å². The summed E-state index contributed by atoms with van der Waals surface area (Å²) in [6.45, 7) is 9.10. The van der Waals surface area contributed by atoms with E-state index in [0.29, 0.717) is 6.61 Å². The van der Waals surface area contributed by atoms with Crippen molar-refractivity contribution in [1.82, 2.24) is 4.98 Å². The van der Waals surface area contributed by atoms with Crippen molar-refractivity contribution in [2.45, 2.75) is 39.8 Å². The average Bonchev–Trinajstić information content (AvgIpc) is 2.25. The molecule has 0 fully saturated rings. The van der Waals surface area contributed by atoms with Crippen molar-refractivity contribution in [3.63, 3.8) is 0 Å². The number of nitrogens with two attached hydrogens (primary N) is 1. The highest BCUT2D eigenvalue weighted by molar-refractivity contribution is 5.15. The first-order valence-electron chi connectivity index (χ1n) is 5.74. The number of rotatable bonds is 4. The van der Waals surface area contributed by atoms with Crippen LogP contribution in [0, 0.1) is 5.41 Å². The molecule has 0 bridgehead atoms. The fraction of sp³-hybridized carbons (Fsp3) is 0.615. The second-order valence-corrected chi connectivity index (χ2v) is 5.05. The lowest BCUT2D eigenvalue weighted by Gasteiger charge is -2.35. The molecule has 1 heterocycles. The highest BCUT2D eigenvalue weighted by Crippen LogP contribution is 2.30. The van der Waals surface area contributed by atoms with Crippen LogP contribution in [0.4, 0.5) is 0 Å². The maximum Gasteiger partial charge on any atom is 0.0816 e. The van der Waals surface area contributed by atoms with Gasteiger partial charge in [0.05, 0.1) is 12.1 Å². The van der Waals surface area contributed by atoms with Gasteiger partial charge in [-0.3, -0.25) is 4.98 Å². The molecule has 2 N–H and O–H groups in total. The molecule has 2 atom stereocenters. The Bertz CT molecular complexity index is 305. The fourth-order valence-electron chi connectivity index (χ4n) is 1.82. The summed E-state index contributed by atoms with van der Waals surface area (Å²) in [6.07, 6.45) is 3.56. The van der Waals surface area contributed by atoms with Crippen LogP contribution >= 0.6 is 0 Å². The molecule has 0 radical (unpaired) electrons. The normalized spacial score (nSPS) is 15.8. The first kappa shape index (κ1) is 13.1. The Morgan fingerprint density at radius 3 is 2.56 bits per heavy atom. The molecule has 3 heteroatoms. The third kappa shape index (κ3) is 3.29. The summed E-state index contributed by atoms with van der Waals surface area (Å²) in [5.41, 5.74) is 7.29. The Balaban J connectivity index is 2.87. The Morgan fingerprint density at radius 1 is 1.44 bits per heavy atom. The van der Waals surface area contributed by atoms with Crippen LogP contribution in [0.25, 0.3) is 0 Å². The van der Waals surface area contributed by atoms with Gasteiger partial charge in [-0.2, -0.15) is 0 Å². The van der Waals surface area contributed by atoms with Crippen LogP contribution < -0.4 is 5.73 Å². The lowest BCUT2D eigenvalue weighted by Crippen LogP contribution is -2.39. The molecule has 1 rings (SSSR count). The predicted molar refractivity (Wildman–Crippen MR) is 66.0 cm³/mol. The van der Waals surface area contributed by atoms with E-state index in [1.807, 2.05) is 25.3 Å². The monoisotopic (exact) mass is 222 g/mol. The molecule has 2 unspecified atom stereocenters. The molecule has 1 aromatic heterocycles. The third-order valence-corrected chi connectivity index (χ3v) is 2.60. The Morgan fingerprint density at radius 2 is 2.12 bits per heavy atom. The van der Waals surface area contributed by atoms with Crippen molar-refractivity contribution in [3.8, 4) is 0 Å². The molecule has 0 aliphatic carbocycles. The predicted octanol–water partition coefficient (Wildman–Crippen LogP) is 2.53. The molecular formula is C13H22N2O. The van der Waals surface area contributed by atoms with Crippen molar-refractivity contribution in [3.05, 3.63) is 30.1 Å². The number of aromatic nitrogens is 1. The van der Waals surface area contributed by atoms with Gasteiger partial charge in [-0.25, -0.2) is 0 Å². The molecule has 90 valence electrons. The summed E-state index contributed by atoms with van der Waals surface area (Å²) < 4.78 is 5.77. The molecule has 0 saturated heterocycles. The topological polar surface area (TPSA) is 48.1 Å². The van der Waals surface area contributed by atoms with Gasteiger partial charge in [-0.15, -0.1) is 0 Å². The fourth-order valence-corrected chi connectivity index (χ4v) is 1.82. The smallest absolute Gasteiger partial charge is 0.0816 e. The number of ether oxygens (including phenoxy) is 1. The van der Waals surface area contributed by atoms with E-state index in [0.717, 1.165) is 5.56 Å². The summed E-state index contributed by atoms with van der Waals surface area (Å²) in [4.78, 5) is 4.09. The Kier molecular flexibility index (Phi) is 4.44. The van der Waals surface area contributed by atoms with Gasteiger partial charge in [0.15, 0.2) is 0 Å². The third-order valence-electron chi connectivity index (χ3n) is 2.60. The quantitative estimate of drug-likeness (QED) is 0.851. The Hall–Kier alpha value is -0.930. The second kappa shape index (κ2) is 5.41. The highest BCUT2D eigenvalue weighted by atomic mass is 16.5. The van der Waals surface area contributed by atoms with Crippen molar-refractivity contribution >= 4 is 0 Å². The van der Waals surface area contributed by atoms with E-state index in [1.165, 1.54) is 0 Å². The molecule has 0 aromatic carbocycles. The maximum absolute atomic E-state index is 6.25. The van der Waals surface area contributed by atoms with Gasteiger partial charge in [0.1, 0.15) is 0 Å². The largest absolute Gasteiger partial charge is 0.376 e. The molecule has 0 amide bonds. The van der Waals surface area contributed by atoms with Crippen LogP contribution in [0.5, 0.6) is 0 Å². The summed E-state index contributed by atoms with van der Waals surface area (Å²) >= 11 is 0. The lowest BCUT2D eigenvalue weighted by atomic mass is 9.82. The molecule has 3 nitrogen and oxygen atoms in total. The van der Waals surface area contributed by atoms with E-state index in [4.69, 9.17) is 10.5 Å². The first-order chi connectivity index (χ1) is 7.46. The standard InChI is InChI=1S/C13H22N2O/c1-5-16-12(13(2,3)4)11(14)10-7-6-8-15-9-10/h6-9,11-12H,5,14H2,1-4H3. The van der Waals surface area contributed by atoms with Gasteiger partial charge < -0.3 is 10.5 Å². The zero-order chi connectivity index (χ0) is 12.2. The number of hydrogen-bond acceptors (Lipinski definition) is 3. The molecular weight excluding hydrogens is 200 g/mol. The molecule has 0 spiro atoms. The zero-order valence-electron chi connectivity index (χ0n) is 10.6. The van der Waals surface area contributed by atoms with Gasteiger partial charge in [0.2, 0.25) is 0 Å². The van der Waals surface area contributed by atoms with Crippen molar-refractivity contribution in [1.29, 1.82) is 0 Å². The minimum atomic E-state index is -0.131. The summed E-state index contributed by atoms with van der Waals surface area (Å²) in [5, 5.41) is 0. The van der Waals surface area contributed by atoms with Crippen LogP contribution in [0.3, 0.4) is 0 Å². The van der Waals surface area contributed by atoms with Crippen LogP contribution in [0.1, 0.15) is 39.3 Å². The zero-order valence-corrected chi connectivity index (χ0v) is 10.6. The van der Waals surface area contributed by atoms with Gasteiger partial charge >= 0.3 is 0 Å². The van der Waals surface area contributed by atoms with Crippen molar-refractivity contribution in [2.24, 2.45) is 11.1 Å². The van der Waals surface area contributed by atoms with Gasteiger partial charge in [-0.05, 0) is 24.0 Å². The molecule has 1 aromatic rings. The maximum atomic E-state index is 6.25. The molecule has 0 saturated carbocycles. The van der Waals surface area contributed by atoms with Crippen LogP contribution in [-0.4, -0.2) is 17.7 Å². The summed E-state index contributed by atoms with van der Waals surface area (Å²) in [6, 6.07) is 3.77. The summed E-state index contributed by atoms with van der Waals surface area (Å²) in [5.74, 6) is 0. The summed E-state index contributed by atoms with van der Waals surface area (Å²) in [7, 11) is 0. The minimum Gasteiger partial charge on any atom is -0.376 e. The van der Waals surface area contributed by atoms with E-state index in [-0.39, 0.29) is 17.6 Å². The van der Waals surface area contributed by atoms with E-state index >= 15 is 0 Å². The number of hydrogen-bond donors (Lipinski definition) is 1. The van der Waals surface area contributed by atoms with E-state index in [9.17, 15) is 0 Å². The van der Waals surface area contributed by atoms with Crippen molar-refractivity contribution < 1.29 is 4.74 Å². The van der Waals surface area contributed by atoms with Crippen LogP contribution in [-0.2, 0) is 4.74 Å². The highest BCUT2D eigenvalue weighted by Gasteiger charge is 2.31. The van der Waals surface area contributed by atoms with Gasteiger partial charge in [0, 0.05) is 19.0 Å².